The number of nitrogen functional groups attached to an aromatic ring is 1. The maximum atomic E-state index is 13.4. The van der Waals surface area contributed by atoms with E-state index in [4.69, 9.17) is 10.5 Å². The van der Waals surface area contributed by atoms with Crippen molar-refractivity contribution in [3.05, 3.63) is 50.8 Å². The van der Waals surface area contributed by atoms with Crippen molar-refractivity contribution < 1.29 is 28.0 Å². The molecule has 3 aromatic rings. The smallest absolute Gasteiger partial charge is 0.306 e. The summed E-state index contributed by atoms with van der Waals surface area (Å²) in [6.45, 7) is 2.33. The average molecular weight is 532 g/mol. The number of rotatable bonds is 8. The summed E-state index contributed by atoms with van der Waals surface area (Å²) in [6, 6.07) is 6.44. The largest absolute Gasteiger partial charge is 0.493 e. The zero-order valence-electron chi connectivity index (χ0n) is 19.8. The average Bonchev–Trinajstić information content (AvgIpc) is 2.86. The second kappa shape index (κ2) is 10.1. The van der Waals surface area contributed by atoms with Gasteiger partial charge in [-0.15, -0.1) is 0 Å². The fourth-order valence-corrected chi connectivity index (χ4v) is 5.66. The number of ether oxygens (including phenoxy) is 1. The van der Waals surface area contributed by atoms with Crippen LogP contribution in [0.2, 0.25) is 0 Å². The van der Waals surface area contributed by atoms with E-state index in [0.29, 0.717) is 13.0 Å². The van der Waals surface area contributed by atoms with Crippen LogP contribution < -0.4 is 16.0 Å². The molecule has 0 amide bonds. The number of nitro benzene ring substituents is 1. The maximum absolute atomic E-state index is 13.4. The van der Waals surface area contributed by atoms with Crippen molar-refractivity contribution in [3.8, 4) is 17.1 Å². The van der Waals surface area contributed by atoms with Gasteiger partial charge in [-0.25, -0.2) is 13.4 Å². The predicted molar refractivity (Wildman–Crippen MR) is 134 cm³/mol. The van der Waals surface area contributed by atoms with Gasteiger partial charge in [0, 0.05) is 19.2 Å². The van der Waals surface area contributed by atoms with Crippen molar-refractivity contribution in [3.63, 3.8) is 0 Å². The topological polar surface area (TPSA) is 199 Å². The number of H-pyrrole nitrogens is 1. The molecule has 0 spiro atoms. The van der Waals surface area contributed by atoms with Crippen LogP contribution in [0.5, 0.6) is 5.75 Å². The van der Waals surface area contributed by atoms with Crippen LogP contribution in [0.15, 0.2) is 40.0 Å². The van der Waals surface area contributed by atoms with E-state index in [9.17, 15) is 33.2 Å². The van der Waals surface area contributed by atoms with E-state index < -0.39 is 38.1 Å². The Morgan fingerprint density at radius 2 is 2.00 bits per heavy atom. The lowest BCUT2D eigenvalue weighted by molar-refractivity contribution is -0.383. The summed E-state index contributed by atoms with van der Waals surface area (Å²) < 4.78 is 33.7. The van der Waals surface area contributed by atoms with Gasteiger partial charge in [-0.05, 0) is 43.5 Å². The first-order valence-corrected chi connectivity index (χ1v) is 12.9. The van der Waals surface area contributed by atoms with E-state index in [0.717, 1.165) is 6.07 Å². The Morgan fingerprint density at radius 3 is 2.62 bits per heavy atom. The van der Waals surface area contributed by atoms with Gasteiger partial charge in [0.05, 0.1) is 38.8 Å². The molecule has 13 nitrogen and oxygen atoms in total. The second-order valence-corrected chi connectivity index (χ2v) is 10.6. The Balaban J connectivity index is 1.80. The maximum Gasteiger partial charge on any atom is 0.306 e. The molecule has 4 N–H and O–H groups in total. The van der Waals surface area contributed by atoms with E-state index in [1.54, 1.807) is 0 Å². The number of piperidine rings is 1. The standard InChI is InChI=1S/C23H25N5O8S/c1-2-9-36-20-4-3-14(37(34,35)27-7-5-13(6-8-27)23(30)31)10-16(20)21-25-18-12-17(24)19(28(32)33)11-15(18)22(29)26-21/h3-4,10-13H,2,5-9,24H2,1H3,(H,30,31)(H,25,26,29). The molecule has 0 aliphatic carbocycles. The van der Waals surface area contributed by atoms with Crippen LogP contribution in [0.3, 0.4) is 0 Å². The minimum absolute atomic E-state index is 0.00140. The molecule has 1 aliphatic heterocycles. The first-order valence-electron chi connectivity index (χ1n) is 11.5. The van der Waals surface area contributed by atoms with Crippen LogP contribution in [0.25, 0.3) is 22.3 Å². The molecule has 0 saturated carbocycles. The molecule has 0 radical (unpaired) electrons. The van der Waals surface area contributed by atoms with Gasteiger partial charge in [0.25, 0.3) is 11.2 Å². The quantitative estimate of drug-likeness (QED) is 0.220. The van der Waals surface area contributed by atoms with Crippen molar-refractivity contribution in [2.45, 2.75) is 31.1 Å². The van der Waals surface area contributed by atoms with E-state index in [2.05, 4.69) is 9.97 Å². The number of nitro groups is 1. The highest BCUT2D eigenvalue weighted by Crippen LogP contribution is 2.34. The Morgan fingerprint density at radius 1 is 1.30 bits per heavy atom. The number of hydrogen-bond acceptors (Lipinski definition) is 9. The molecule has 196 valence electrons. The highest BCUT2D eigenvalue weighted by Gasteiger charge is 2.32. The van der Waals surface area contributed by atoms with Gasteiger partial charge in [-0.1, -0.05) is 6.92 Å². The van der Waals surface area contributed by atoms with Gasteiger partial charge >= 0.3 is 5.97 Å². The van der Waals surface area contributed by atoms with E-state index >= 15 is 0 Å². The molecule has 0 bridgehead atoms. The zero-order valence-corrected chi connectivity index (χ0v) is 20.7. The summed E-state index contributed by atoms with van der Waals surface area (Å²) in [7, 11) is -3.98. The Bertz CT molecular complexity index is 1540. The van der Waals surface area contributed by atoms with Gasteiger partial charge in [-0.3, -0.25) is 19.7 Å². The molecule has 4 rings (SSSR count). The SMILES string of the molecule is CCCOc1ccc(S(=O)(=O)N2CCC(C(=O)O)CC2)cc1-c1nc2cc(N)c([N+](=O)[O-])cc2c(=O)[nH]1. The minimum Gasteiger partial charge on any atom is -0.493 e. The third-order valence-electron chi connectivity index (χ3n) is 6.16. The summed E-state index contributed by atoms with van der Waals surface area (Å²) in [5.41, 5.74) is 4.78. The molecule has 2 heterocycles. The third kappa shape index (κ3) is 5.11. The molecule has 1 aliphatic rings. The zero-order chi connectivity index (χ0) is 26.9. The number of nitrogens with zero attached hydrogens (tertiary/aromatic N) is 3. The van der Waals surface area contributed by atoms with E-state index in [1.165, 1.54) is 28.6 Å². The predicted octanol–water partition coefficient (Wildman–Crippen LogP) is 2.35. The number of carboxylic acid groups (broad SMARTS) is 1. The second-order valence-electron chi connectivity index (χ2n) is 8.62. The van der Waals surface area contributed by atoms with Gasteiger partial charge in [0.1, 0.15) is 17.3 Å². The molecule has 0 unspecified atom stereocenters. The molecular weight excluding hydrogens is 506 g/mol. The van der Waals surface area contributed by atoms with Crippen LogP contribution in [0, 0.1) is 16.0 Å². The van der Waals surface area contributed by atoms with Crippen LogP contribution in [0.1, 0.15) is 26.2 Å². The minimum atomic E-state index is -3.98. The molecule has 37 heavy (non-hydrogen) atoms. The molecular formula is C23H25N5O8S. The van der Waals surface area contributed by atoms with Crippen LogP contribution in [-0.4, -0.2) is 58.4 Å². The first-order chi connectivity index (χ1) is 17.5. The molecule has 1 aromatic heterocycles. The summed E-state index contributed by atoms with van der Waals surface area (Å²) in [6.07, 6.45) is 1.07. The highest BCUT2D eigenvalue weighted by atomic mass is 32.2. The summed E-state index contributed by atoms with van der Waals surface area (Å²) in [5, 5.41) is 20.4. The number of fused-ring (bicyclic) bond motifs is 1. The number of nitrogens with two attached hydrogens (primary N) is 1. The summed E-state index contributed by atoms with van der Waals surface area (Å²) in [5.74, 6) is -1.27. The Kier molecular flexibility index (Phi) is 7.14. The van der Waals surface area contributed by atoms with Crippen molar-refractivity contribution in [1.82, 2.24) is 14.3 Å². The van der Waals surface area contributed by atoms with Gasteiger partial charge in [0.15, 0.2) is 0 Å². The van der Waals surface area contributed by atoms with Crippen molar-refractivity contribution in [2.75, 3.05) is 25.4 Å². The number of hydrogen-bond donors (Lipinski definition) is 3. The van der Waals surface area contributed by atoms with Crippen LogP contribution in [0.4, 0.5) is 11.4 Å². The fourth-order valence-electron chi connectivity index (χ4n) is 4.16. The fraction of sp³-hybridized carbons (Fsp3) is 0.348. The van der Waals surface area contributed by atoms with Gasteiger partial charge in [0.2, 0.25) is 10.0 Å². The summed E-state index contributed by atoms with van der Waals surface area (Å²) >= 11 is 0. The van der Waals surface area contributed by atoms with Crippen LogP contribution in [-0.2, 0) is 14.8 Å². The molecule has 1 fully saturated rings. The lowest BCUT2D eigenvalue weighted by Gasteiger charge is -2.29. The lowest BCUT2D eigenvalue weighted by atomic mass is 9.99. The number of aliphatic carboxylic acids is 1. The number of carboxylic acids is 1. The third-order valence-corrected chi connectivity index (χ3v) is 8.05. The van der Waals surface area contributed by atoms with Crippen molar-refractivity contribution in [2.24, 2.45) is 5.92 Å². The number of aromatic nitrogens is 2. The van der Waals surface area contributed by atoms with Crippen molar-refractivity contribution >= 4 is 38.3 Å². The lowest BCUT2D eigenvalue weighted by Crippen LogP contribution is -2.40. The van der Waals surface area contributed by atoms with Gasteiger partial charge in [-0.2, -0.15) is 4.31 Å². The number of carbonyl (C=O) groups is 1. The number of anilines is 1. The van der Waals surface area contributed by atoms with Crippen molar-refractivity contribution in [1.29, 1.82) is 0 Å². The number of benzene rings is 2. The number of aromatic amines is 1. The molecule has 0 atom stereocenters. The van der Waals surface area contributed by atoms with E-state index in [-0.39, 0.29) is 64.6 Å². The normalized spacial score (nSPS) is 15.1. The Hall–Kier alpha value is -4.04. The molecule has 14 heteroatoms. The Labute approximate surface area is 211 Å². The van der Waals surface area contributed by atoms with Gasteiger partial charge < -0.3 is 20.6 Å². The van der Waals surface area contributed by atoms with Crippen LogP contribution >= 0.6 is 0 Å². The first kappa shape index (κ1) is 26.0. The summed E-state index contributed by atoms with van der Waals surface area (Å²) in [4.78, 5) is 41.4. The molecule has 2 aromatic carbocycles. The highest BCUT2D eigenvalue weighted by molar-refractivity contribution is 7.89. The monoisotopic (exact) mass is 531 g/mol. The van der Waals surface area contributed by atoms with E-state index in [1.807, 2.05) is 6.92 Å². The number of sulfonamides is 1. The molecule has 1 saturated heterocycles. The number of nitrogens with one attached hydrogen (secondary N) is 1.